The third-order valence-electron chi connectivity index (χ3n) is 7.42. The summed E-state index contributed by atoms with van der Waals surface area (Å²) in [6.45, 7) is 7.85. The fourth-order valence-corrected chi connectivity index (χ4v) is 6.15. The van der Waals surface area contributed by atoms with E-state index in [9.17, 15) is 19.5 Å². The molecule has 3 amide bonds. The van der Waals surface area contributed by atoms with Gasteiger partial charge in [0.1, 0.15) is 17.4 Å². The van der Waals surface area contributed by atoms with Crippen molar-refractivity contribution >= 4 is 23.4 Å². The number of ether oxygens (including phenoxy) is 2. The highest BCUT2D eigenvalue weighted by atomic mass is 16.5. The summed E-state index contributed by atoms with van der Waals surface area (Å²) in [6, 6.07) is 6.09. The molecular weight excluding hydrogens is 438 g/mol. The largest absolute Gasteiger partial charge is 0.494 e. The number of rotatable bonds is 9. The molecule has 34 heavy (non-hydrogen) atoms. The molecule has 0 radical (unpaired) electrons. The van der Waals surface area contributed by atoms with Crippen molar-refractivity contribution in [3.8, 4) is 5.75 Å². The second-order valence-corrected chi connectivity index (χ2v) is 9.70. The molecule has 2 bridgehead atoms. The van der Waals surface area contributed by atoms with Crippen molar-refractivity contribution in [3.05, 3.63) is 24.3 Å². The predicted molar refractivity (Wildman–Crippen MR) is 125 cm³/mol. The molecule has 5 atom stereocenters. The number of hydrogen-bond acceptors (Lipinski definition) is 6. The molecule has 186 valence electrons. The summed E-state index contributed by atoms with van der Waals surface area (Å²) in [5, 5.41) is 15.5. The number of nitrogens with zero attached hydrogens (tertiary/aromatic N) is 1. The molecule has 4 rings (SSSR count). The number of hydrogen-bond donors (Lipinski definition) is 3. The minimum Gasteiger partial charge on any atom is -0.494 e. The van der Waals surface area contributed by atoms with Gasteiger partial charge in [0, 0.05) is 18.3 Å². The second-order valence-electron chi connectivity index (χ2n) is 9.70. The monoisotopic (exact) mass is 473 g/mol. The lowest BCUT2D eigenvalue weighted by Crippen LogP contribution is -2.56. The molecule has 3 saturated heterocycles. The molecule has 9 nitrogen and oxygen atoms in total. The number of likely N-dealkylation sites (tertiary alicyclic amines) is 1. The number of amides is 3. The number of β-amino-alcohol motifs (C(OH)–C–C–N with tert-alkyl or cyclic N) is 1. The number of aliphatic hydroxyl groups excluding tert-OH is 1. The summed E-state index contributed by atoms with van der Waals surface area (Å²) in [5.41, 5.74) is -1.29. The first-order valence-corrected chi connectivity index (χ1v) is 12.2. The smallest absolute Gasteiger partial charge is 0.246 e. The molecule has 0 aliphatic carbocycles. The van der Waals surface area contributed by atoms with Gasteiger partial charge in [0.25, 0.3) is 0 Å². The molecule has 3 N–H and O–H groups in total. The van der Waals surface area contributed by atoms with Crippen molar-refractivity contribution in [2.24, 2.45) is 11.8 Å². The van der Waals surface area contributed by atoms with Gasteiger partial charge in [-0.15, -0.1) is 0 Å². The lowest BCUT2D eigenvalue weighted by Gasteiger charge is -2.34. The highest BCUT2D eigenvalue weighted by Gasteiger charge is 2.78. The Morgan fingerprint density at radius 1 is 1.21 bits per heavy atom. The van der Waals surface area contributed by atoms with Crippen LogP contribution in [-0.4, -0.2) is 70.8 Å². The fourth-order valence-electron chi connectivity index (χ4n) is 6.15. The van der Waals surface area contributed by atoms with E-state index in [-0.39, 0.29) is 36.9 Å². The number of fused-ring (bicyclic) bond motifs is 1. The van der Waals surface area contributed by atoms with Gasteiger partial charge in [-0.25, -0.2) is 0 Å². The van der Waals surface area contributed by atoms with Crippen LogP contribution in [0, 0.1) is 11.8 Å². The van der Waals surface area contributed by atoms with E-state index in [1.807, 2.05) is 27.7 Å². The zero-order chi connectivity index (χ0) is 24.7. The van der Waals surface area contributed by atoms with Crippen LogP contribution in [0.5, 0.6) is 5.75 Å². The molecule has 3 aliphatic rings. The zero-order valence-electron chi connectivity index (χ0n) is 20.3. The predicted octanol–water partition coefficient (Wildman–Crippen LogP) is 1.70. The van der Waals surface area contributed by atoms with Gasteiger partial charge in [0.15, 0.2) is 0 Å². The van der Waals surface area contributed by atoms with Crippen LogP contribution in [0.3, 0.4) is 0 Å². The summed E-state index contributed by atoms with van der Waals surface area (Å²) >= 11 is 0. The van der Waals surface area contributed by atoms with Gasteiger partial charge in [0.2, 0.25) is 17.7 Å². The minimum atomic E-state index is -1.08. The molecule has 1 aromatic rings. The van der Waals surface area contributed by atoms with Crippen molar-refractivity contribution in [2.75, 3.05) is 25.1 Å². The molecule has 3 aliphatic heterocycles. The van der Waals surface area contributed by atoms with Crippen LogP contribution in [0.2, 0.25) is 0 Å². The number of aliphatic hydroxyl groups is 1. The topological polar surface area (TPSA) is 117 Å². The highest BCUT2D eigenvalue weighted by Crippen LogP contribution is 2.64. The maximum atomic E-state index is 13.7. The molecule has 0 saturated carbocycles. The number of nitrogens with one attached hydrogen (secondary N) is 2. The lowest BCUT2D eigenvalue weighted by molar-refractivity contribution is -0.147. The van der Waals surface area contributed by atoms with Crippen LogP contribution in [0.1, 0.15) is 47.0 Å². The maximum Gasteiger partial charge on any atom is 0.246 e. The van der Waals surface area contributed by atoms with Crippen LogP contribution in [-0.2, 0) is 19.1 Å². The van der Waals surface area contributed by atoms with Crippen molar-refractivity contribution in [1.82, 2.24) is 10.2 Å². The van der Waals surface area contributed by atoms with E-state index >= 15 is 0 Å². The van der Waals surface area contributed by atoms with Crippen molar-refractivity contribution in [3.63, 3.8) is 0 Å². The Bertz CT molecular complexity index is 950. The van der Waals surface area contributed by atoms with Crippen molar-refractivity contribution in [2.45, 2.75) is 70.2 Å². The molecule has 0 aromatic heterocycles. The van der Waals surface area contributed by atoms with Gasteiger partial charge in [-0.3, -0.25) is 14.4 Å². The fraction of sp³-hybridized carbons (Fsp3) is 0.640. The second kappa shape index (κ2) is 9.19. The summed E-state index contributed by atoms with van der Waals surface area (Å²) in [4.78, 5) is 42.0. The third-order valence-corrected chi connectivity index (χ3v) is 7.42. The SMILES string of the molecule is CCOc1ccc(NC(=O)[C@@H]2[C@H]3C(=O)N(CCO)C(C(=O)NC(C)C)C34CC[C@@]2(CC)O4)cc1. The van der Waals surface area contributed by atoms with Gasteiger partial charge in [-0.2, -0.15) is 0 Å². The Hall–Kier alpha value is -2.65. The van der Waals surface area contributed by atoms with E-state index in [4.69, 9.17) is 9.47 Å². The Morgan fingerprint density at radius 3 is 2.50 bits per heavy atom. The standard InChI is InChI=1S/C25H35N3O6/c1-5-24-11-12-25(34-24)19(23(32)28(13-14-29)20(25)22(31)26-15(3)4)18(24)21(30)27-16-7-9-17(10-8-16)33-6-2/h7-10,15,18-20,29H,5-6,11-14H2,1-4H3,(H,26,31)(H,27,30)/t18-,19-,20?,24+,25?/m0/s1. The van der Waals surface area contributed by atoms with E-state index in [0.29, 0.717) is 37.3 Å². The van der Waals surface area contributed by atoms with E-state index in [1.54, 1.807) is 24.3 Å². The van der Waals surface area contributed by atoms with Crippen molar-refractivity contribution < 1.29 is 29.0 Å². The van der Waals surface area contributed by atoms with Crippen molar-refractivity contribution in [1.29, 1.82) is 0 Å². The molecule has 3 heterocycles. The van der Waals surface area contributed by atoms with E-state index in [0.717, 1.165) is 0 Å². The van der Waals surface area contributed by atoms with Crippen LogP contribution in [0.4, 0.5) is 5.69 Å². The summed E-state index contributed by atoms with van der Waals surface area (Å²) in [5.74, 6) is -1.71. The van der Waals surface area contributed by atoms with Gasteiger partial charge in [-0.05, 0) is 64.3 Å². The summed E-state index contributed by atoms with van der Waals surface area (Å²) in [7, 11) is 0. The van der Waals surface area contributed by atoms with Crippen LogP contribution < -0.4 is 15.4 Å². The van der Waals surface area contributed by atoms with E-state index in [2.05, 4.69) is 10.6 Å². The highest BCUT2D eigenvalue weighted by molar-refractivity contribution is 6.02. The van der Waals surface area contributed by atoms with Gasteiger partial charge in [-0.1, -0.05) is 6.92 Å². The van der Waals surface area contributed by atoms with Gasteiger partial charge >= 0.3 is 0 Å². The average molecular weight is 474 g/mol. The lowest BCUT2D eigenvalue weighted by atomic mass is 9.65. The molecule has 1 spiro atoms. The average Bonchev–Trinajstić information content (AvgIpc) is 3.39. The molecule has 9 heteroatoms. The van der Waals surface area contributed by atoms with Crippen LogP contribution in [0.25, 0.3) is 0 Å². The molecule has 3 fully saturated rings. The summed E-state index contributed by atoms with van der Waals surface area (Å²) < 4.78 is 12.1. The molecular formula is C25H35N3O6. The van der Waals surface area contributed by atoms with E-state index in [1.165, 1.54) is 4.90 Å². The minimum absolute atomic E-state index is 0.0168. The number of carbonyl (C=O) groups is 3. The Balaban J connectivity index is 1.67. The van der Waals surface area contributed by atoms with Gasteiger partial charge in [0.05, 0.1) is 30.7 Å². The van der Waals surface area contributed by atoms with Gasteiger partial charge < -0.3 is 30.1 Å². The first-order valence-electron chi connectivity index (χ1n) is 12.2. The Labute approximate surface area is 200 Å². The number of benzene rings is 1. The first-order chi connectivity index (χ1) is 16.2. The van der Waals surface area contributed by atoms with Crippen LogP contribution >= 0.6 is 0 Å². The number of carbonyl (C=O) groups excluding carboxylic acids is 3. The molecule has 1 aromatic carbocycles. The summed E-state index contributed by atoms with van der Waals surface area (Å²) in [6.07, 6.45) is 1.66. The zero-order valence-corrected chi connectivity index (χ0v) is 20.3. The third kappa shape index (κ3) is 3.75. The first kappa shape index (κ1) is 24.5. The quantitative estimate of drug-likeness (QED) is 0.503. The molecule has 2 unspecified atom stereocenters. The normalized spacial score (nSPS) is 31.6. The number of anilines is 1. The Kier molecular flexibility index (Phi) is 6.61. The Morgan fingerprint density at radius 2 is 1.91 bits per heavy atom. The van der Waals surface area contributed by atoms with E-state index < -0.39 is 29.1 Å². The maximum absolute atomic E-state index is 13.7. The van der Waals surface area contributed by atoms with Crippen LogP contribution in [0.15, 0.2) is 24.3 Å².